The summed E-state index contributed by atoms with van der Waals surface area (Å²) in [6, 6.07) is 17.4. The predicted molar refractivity (Wildman–Crippen MR) is 99.8 cm³/mol. The number of hydrogen-bond acceptors (Lipinski definition) is 3. The van der Waals surface area contributed by atoms with Gasteiger partial charge in [0.1, 0.15) is 6.04 Å². The van der Waals surface area contributed by atoms with E-state index in [9.17, 15) is 9.59 Å². The molecule has 1 aliphatic rings. The van der Waals surface area contributed by atoms with Gasteiger partial charge in [0.25, 0.3) is 0 Å². The molecule has 6 nitrogen and oxygen atoms in total. The van der Waals surface area contributed by atoms with E-state index in [-0.39, 0.29) is 11.9 Å². The van der Waals surface area contributed by atoms with E-state index in [1.807, 2.05) is 43.3 Å². The molecule has 1 saturated heterocycles. The van der Waals surface area contributed by atoms with Crippen LogP contribution in [0.4, 0.5) is 16.2 Å². The molecule has 26 heavy (non-hydrogen) atoms. The fourth-order valence-electron chi connectivity index (χ4n) is 3.19. The Hall–Kier alpha value is -3.33. The maximum atomic E-state index is 12.8. The summed E-state index contributed by atoms with van der Waals surface area (Å²) in [6.45, 7) is 2.85. The van der Waals surface area contributed by atoms with Crippen molar-refractivity contribution < 1.29 is 9.59 Å². The molecule has 1 aliphatic heterocycles. The maximum absolute atomic E-state index is 12.8. The Morgan fingerprint density at radius 3 is 2.73 bits per heavy atom. The van der Waals surface area contributed by atoms with Crippen molar-refractivity contribution in [2.24, 2.45) is 0 Å². The van der Waals surface area contributed by atoms with Gasteiger partial charge in [-0.2, -0.15) is 5.26 Å². The number of nitrogens with one attached hydrogen (secondary N) is 1. The molecule has 0 aromatic heterocycles. The summed E-state index contributed by atoms with van der Waals surface area (Å²) in [6.07, 6.45) is 0.590. The first-order valence-electron chi connectivity index (χ1n) is 8.58. The molecular formula is C20H20N4O2. The number of benzene rings is 2. The molecule has 1 fully saturated rings. The van der Waals surface area contributed by atoms with Gasteiger partial charge in [-0.05, 0) is 43.7 Å². The Morgan fingerprint density at radius 2 is 2.04 bits per heavy atom. The summed E-state index contributed by atoms with van der Waals surface area (Å²) in [4.78, 5) is 28.8. The van der Waals surface area contributed by atoms with Crippen LogP contribution >= 0.6 is 0 Å². The van der Waals surface area contributed by atoms with Gasteiger partial charge in [-0.25, -0.2) is 4.79 Å². The zero-order valence-corrected chi connectivity index (χ0v) is 14.6. The lowest BCUT2D eigenvalue weighted by Crippen LogP contribution is -2.47. The molecule has 0 unspecified atom stereocenters. The van der Waals surface area contributed by atoms with Gasteiger partial charge < -0.3 is 15.1 Å². The third-order valence-electron chi connectivity index (χ3n) is 4.47. The second kappa shape index (κ2) is 7.70. The van der Waals surface area contributed by atoms with E-state index in [4.69, 9.17) is 5.26 Å². The topological polar surface area (TPSA) is 76.4 Å². The first-order chi connectivity index (χ1) is 12.6. The van der Waals surface area contributed by atoms with Gasteiger partial charge >= 0.3 is 6.03 Å². The molecule has 1 N–H and O–H groups in total. The summed E-state index contributed by atoms with van der Waals surface area (Å²) in [7, 11) is 0. The number of urea groups is 1. The Kier molecular flexibility index (Phi) is 5.18. The van der Waals surface area contributed by atoms with Crippen LogP contribution < -0.4 is 10.2 Å². The maximum Gasteiger partial charge on any atom is 0.322 e. The SMILES string of the molecule is CCN(C(=O)Nc1cccc(C#N)c1)[C@@H]1CCN(c2ccccc2)C1=O. The second-order valence-corrected chi connectivity index (χ2v) is 6.04. The quantitative estimate of drug-likeness (QED) is 0.922. The number of nitrogens with zero attached hydrogens (tertiary/aromatic N) is 3. The lowest BCUT2D eigenvalue weighted by atomic mass is 10.2. The van der Waals surface area contributed by atoms with Crippen LogP contribution in [0.3, 0.4) is 0 Å². The van der Waals surface area contributed by atoms with Gasteiger partial charge in [0, 0.05) is 24.5 Å². The van der Waals surface area contributed by atoms with Gasteiger partial charge in [0.05, 0.1) is 11.6 Å². The number of carbonyl (C=O) groups is 2. The molecule has 0 saturated carbocycles. The molecule has 132 valence electrons. The van der Waals surface area contributed by atoms with Crippen LogP contribution in [0.5, 0.6) is 0 Å². The van der Waals surface area contributed by atoms with Crippen molar-refractivity contribution in [1.82, 2.24) is 4.90 Å². The minimum Gasteiger partial charge on any atom is -0.313 e. The van der Waals surface area contributed by atoms with Crippen LogP contribution in [0.25, 0.3) is 0 Å². The molecule has 3 amide bonds. The molecule has 1 heterocycles. The molecule has 1 atom stereocenters. The molecule has 0 radical (unpaired) electrons. The van der Waals surface area contributed by atoms with Gasteiger partial charge in [-0.3, -0.25) is 4.79 Å². The average molecular weight is 348 g/mol. The highest BCUT2D eigenvalue weighted by Gasteiger charge is 2.38. The van der Waals surface area contributed by atoms with E-state index in [1.165, 1.54) is 0 Å². The molecule has 2 aromatic rings. The van der Waals surface area contributed by atoms with Crippen LogP contribution in [0.15, 0.2) is 54.6 Å². The second-order valence-electron chi connectivity index (χ2n) is 6.04. The number of carbonyl (C=O) groups excluding carboxylic acids is 2. The van der Waals surface area contributed by atoms with Crippen molar-refractivity contribution in [2.75, 3.05) is 23.3 Å². The fourth-order valence-corrected chi connectivity index (χ4v) is 3.19. The third kappa shape index (κ3) is 3.52. The summed E-state index contributed by atoms with van der Waals surface area (Å²) in [5.41, 5.74) is 1.86. The molecule has 0 bridgehead atoms. The molecule has 0 spiro atoms. The lowest BCUT2D eigenvalue weighted by Gasteiger charge is -2.27. The van der Waals surface area contributed by atoms with Gasteiger partial charge in [0.2, 0.25) is 5.91 Å². The normalized spacial score (nSPS) is 16.2. The van der Waals surface area contributed by atoms with Crippen LogP contribution in [-0.4, -0.2) is 36.0 Å². The zero-order chi connectivity index (χ0) is 18.5. The van der Waals surface area contributed by atoms with Crippen LogP contribution in [-0.2, 0) is 4.79 Å². The highest BCUT2D eigenvalue weighted by molar-refractivity contribution is 6.02. The van der Waals surface area contributed by atoms with Crippen molar-refractivity contribution in [3.8, 4) is 6.07 Å². The van der Waals surface area contributed by atoms with Crippen molar-refractivity contribution in [1.29, 1.82) is 5.26 Å². The van der Waals surface area contributed by atoms with E-state index in [1.54, 1.807) is 34.1 Å². The smallest absolute Gasteiger partial charge is 0.313 e. The Morgan fingerprint density at radius 1 is 1.27 bits per heavy atom. The Bertz CT molecular complexity index is 844. The van der Waals surface area contributed by atoms with Gasteiger partial charge in [-0.15, -0.1) is 0 Å². The van der Waals surface area contributed by atoms with E-state index in [0.717, 1.165) is 5.69 Å². The van der Waals surface area contributed by atoms with E-state index >= 15 is 0 Å². The average Bonchev–Trinajstić information content (AvgIpc) is 3.04. The Labute approximate surface area is 152 Å². The van der Waals surface area contributed by atoms with Crippen LogP contribution in [0.2, 0.25) is 0 Å². The number of likely N-dealkylation sites (N-methyl/N-ethyl adjacent to an activating group) is 1. The standard InChI is InChI=1S/C20H20N4O2/c1-2-23(20(26)22-16-8-6-7-15(13-16)14-21)18-11-12-24(19(18)25)17-9-4-3-5-10-17/h3-10,13,18H,2,11-12H2,1H3,(H,22,26)/t18-/m1/s1. The minimum absolute atomic E-state index is 0.0704. The first kappa shape index (κ1) is 17.5. The molecule has 6 heteroatoms. The summed E-state index contributed by atoms with van der Waals surface area (Å²) >= 11 is 0. The summed E-state index contributed by atoms with van der Waals surface area (Å²) in [5.74, 6) is -0.0704. The van der Waals surface area contributed by atoms with Crippen molar-refractivity contribution >= 4 is 23.3 Å². The Balaban J connectivity index is 1.73. The first-order valence-corrected chi connectivity index (χ1v) is 8.58. The van der Waals surface area contributed by atoms with Gasteiger partial charge in [-0.1, -0.05) is 24.3 Å². The summed E-state index contributed by atoms with van der Waals surface area (Å²) in [5, 5.41) is 11.8. The minimum atomic E-state index is -0.487. The van der Waals surface area contributed by atoms with Crippen LogP contribution in [0, 0.1) is 11.3 Å². The van der Waals surface area contributed by atoms with Crippen molar-refractivity contribution in [3.63, 3.8) is 0 Å². The molecule has 3 rings (SSSR count). The van der Waals surface area contributed by atoms with E-state index < -0.39 is 6.04 Å². The number of para-hydroxylation sites is 1. The number of anilines is 2. The number of nitriles is 1. The monoisotopic (exact) mass is 348 g/mol. The highest BCUT2D eigenvalue weighted by Crippen LogP contribution is 2.24. The van der Waals surface area contributed by atoms with E-state index in [2.05, 4.69) is 5.32 Å². The lowest BCUT2D eigenvalue weighted by molar-refractivity contribution is -0.120. The molecular weight excluding hydrogens is 328 g/mol. The fraction of sp³-hybridized carbons (Fsp3) is 0.250. The van der Waals surface area contributed by atoms with Gasteiger partial charge in [0.15, 0.2) is 0 Å². The van der Waals surface area contributed by atoms with E-state index in [0.29, 0.717) is 30.8 Å². The third-order valence-corrected chi connectivity index (χ3v) is 4.47. The predicted octanol–water partition coefficient (Wildman–Crippen LogP) is 3.22. The molecule has 2 aromatic carbocycles. The highest BCUT2D eigenvalue weighted by atomic mass is 16.2. The largest absolute Gasteiger partial charge is 0.322 e. The zero-order valence-electron chi connectivity index (χ0n) is 14.6. The summed E-state index contributed by atoms with van der Waals surface area (Å²) < 4.78 is 0. The number of rotatable bonds is 4. The number of amides is 3. The van der Waals surface area contributed by atoms with Crippen LogP contribution in [0.1, 0.15) is 18.9 Å². The van der Waals surface area contributed by atoms with Crippen molar-refractivity contribution in [3.05, 3.63) is 60.2 Å². The number of hydrogen-bond donors (Lipinski definition) is 1. The molecule has 0 aliphatic carbocycles. The van der Waals surface area contributed by atoms with Crippen molar-refractivity contribution in [2.45, 2.75) is 19.4 Å².